The molecule has 1 aliphatic heterocycles. The number of hydrogen-bond acceptors (Lipinski definition) is 3. The van der Waals surface area contributed by atoms with Gasteiger partial charge in [-0.15, -0.1) is 12.4 Å². The predicted octanol–water partition coefficient (Wildman–Crippen LogP) is 2.03. The van der Waals surface area contributed by atoms with Crippen molar-refractivity contribution >= 4 is 35.0 Å². The molecular formula is C20H26ClN3O2. The molecule has 2 aromatic rings. The van der Waals surface area contributed by atoms with E-state index in [1.54, 1.807) is 0 Å². The van der Waals surface area contributed by atoms with Crippen LogP contribution in [0.4, 0.5) is 0 Å². The summed E-state index contributed by atoms with van der Waals surface area (Å²) in [5, 5.41) is 11.3. The Morgan fingerprint density at radius 2 is 1.88 bits per heavy atom. The van der Waals surface area contributed by atoms with Crippen LogP contribution < -0.4 is 16.0 Å². The van der Waals surface area contributed by atoms with Gasteiger partial charge in [-0.3, -0.25) is 9.59 Å². The Balaban J connectivity index is 0.00000243. The number of rotatable bonds is 5. The number of benzene rings is 2. The Labute approximate surface area is 160 Å². The monoisotopic (exact) mass is 375 g/mol. The SMILES string of the molecule is CC1CNCCC1NC(=O)CNC(=O)Cc1cccc2ccccc12.Cl. The van der Waals surface area contributed by atoms with Crippen molar-refractivity contribution in [2.24, 2.45) is 5.92 Å². The topological polar surface area (TPSA) is 70.2 Å². The maximum absolute atomic E-state index is 12.2. The Kier molecular flexibility index (Phi) is 7.42. The minimum atomic E-state index is -0.134. The zero-order valence-electron chi connectivity index (χ0n) is 15.0. The van der Waals surface area contributed by atoms with E-state index in [0.717, 1.165) is 35.8 Å². The van der Waals surface area contributed by atoms with Crippen LogP contribution in [0.5, 0.6) is 0 Å². The number of halogens is 1. The Morgan fingerprint density at radius 1 is 1.12 bits per heavy atom. The smallest absolute Gasteiger partial charge is 0.239 e. The molecule has 0 spiro atoms. The van der Waals surface area contributed by atoms with Gasteiger partial charge in [0.25, 0.3) is 0 Å². The fraction of sp³-hybridized carbons (Fsp3) is 0.400. The van der Waals surface area contributed by atoms with E-state index >= 15 is 0 Å². The Morgan fingerprint density at radius 3 is 2.69 bits per heavy atom. The number of fused-ring (bicyclic) bond motifs is 1. The molecule has 0 saturated carbocycles. The summed E-state index contributed by atoms with van der Waals surface area (Å²) < 4.78 is 0. The van der Waals surface area contributed by atoms with Crippen LogP contribution in [0.3, 0.4) is 0 Å². The van der Waals surface area contributed by atoms with Crippen molar-refractivity contribution in [3.63, 3.8) is 0 Å². The number of nitrogens with one attached hydrogen (secondary N) is 3. The maximum Gasteiger partial charge on any atom is 0.239 e. The van der Waals surface area contributed by atoms with E-state index in [1.165, 1.54) is 0 Å². The summed E-state index contributed by atoms with van der Waals surface area (Å²) in [4.78, 5) is 24.3. The first-order valence-corrected chi connectivity index (χ1v) is 8.87. The number of carbonyl (C=O) groups excluding carboxylic acids is 2. The quantitative estimate of drug-likeness (QED) is 0.749. The lowest BCUT2D eigenvalue weighted by Crippen LogP contribution is -2.50. The molecule has 2 unspecified atom stereocenters. The lowest BCUT2D eigenvalue weighted by molar-refractivity contribution is -0.126. The van der Waals surface area contributed by atoms with E-state index in [0.29, 0.717) is 5.92 Å². The molecule has 1 fully saturated rings. The van der Waals surface area contributed by atoms with E-state index in [-0.39, 0.29) is 43.2 Å². The Bertz CT molecular complexity index is 760. The molecule has 1 aliphatic rings. The lowest BCUT2D eigenvalue weighted by atomic mass is 9.95. The first-order valence-electron chi connectivity index (χ1n) is 8.87. The molecule has 3 N–H and O–H groups in total. The minimum Gasteiger partial charge on any atom is -0.351 e. The van der Waals surface area contributed by atoms with Crippen molar-refractivity contribution in [3.8, 4) is 0 Å². The molecular weight excluding hydrogens is 350 g/mol. The van der Waals surface area contributed by atoms with Gasteiger partial charge in [0.15, 0.2) is 0 Å². The molecule has 26 heavy (non-hydrogen) atoms. The molecule has 5 nitrogen and oxygen atoms in total. The van der Waals surface area contributed by atoms with Crippen LogP contribution in [0, 0.1) is 5.92 Å². The van der Waals surface area contributed by atoms with Crippen LogP contribution in [0.1, 0.15) is 18.9 Å². The van der Waals surface area contributed by atoms with E-state index < -0.39 is 0 Å². The van der Waals surface area contributed by atoms with Gasteiger partial charge in [-0.1, -0.05) is 49.4 Å². The minimum absolute atomic E-state index is 0. The van der Waals surface area contributed by atoms with Gasteiger partial charge < -0.3 is 16.0 Å². The first kappa shape index (κ1) is 20.2. The van der Waals surface area contributed by atoms with Gasteiger partial charge in [-0.2, -0.15) is 0 Å². The third kappa shape index (κ3) is 5.19. The van der Waals surface area contributed by atoms with Gasteiger partial charge >= 0.3 is 0 Å². The van der Waals surface area contributed by atoms with Gasteiger partial charge in [0.1, 0.15) is 0 Å². The van der Waals surface area contributed by atoms with E-state index in [4.69, 9.17) is 0 Å². The van der Waals surface area contributed by atoms with Crippen molar-refractivity contribution in [3.05, 3.63) is 48.0 Å². The van der Waals surface area contributed by atoms with E-state index in [9.17, 15) is 9.59 Å². The molecule has 6 heteroatoms. The number of hydrogen-bond donors (Lipinski definition) is 3. The molecule has 0 radical (unpaired) electrons. The van der Waals surface area contributed by atoms with E-state index in [2.05, 4.69) is 22.9 Å². The largest absolute Gasteiger partial charge is 0.351 e. The van der Waals surface area contributed by atoms with Gasteiger partial charge in [0.2, 0.25) is 11.8 Å². The highest BCUT2D eigenvalue weighted by atomic mass is 35.5. The molecule has 2 aromatic carbocycles. The van der Waals surface area contributed by atoms with Crippen molar-refractivity contribution in [2.75, 3.05) is 19.6 Å². The predicted molar refractivity (Wildman–Crippen MR) is 106 cm³/mol. The number of carbonyl (C=O) groups is 2. The Hall–Kier alpha value is -2.11. The highest BCUT2D eigenvalue weighted by Gasteiger charge is 2.22. The zero-order chi connectivity index (χ0) is 17.6. The molecule has 2 amide bonds. The van der Waals surface area contributed by atoms with Crippen LogP contribution in [-0.4, -0.2) is 37.5 Å². The average molecular weight is 376 g/mol. The average Bonchev–Trinajstić information content (AvgIpc) is 2.62. The fourth-order valence-electron chi connectivity index (χ4n) is 3.35. The first-order chi connectivity index (χ1) is 12.1. The second-order valence-electron chi connectivity index (χ2n) is 6.74. The summed E-state index contributed by atoms with van der Waals surface area (Å²) in [6.07, 6.45) is 1.20. The molecule has 3 rings (SSSR count). The third-order valence-corrected chi connectivity index (χ3v) is 4.81. The van der Waals surface area contributed by atoms with E-state index in [1.807, 2.05) is 42.5 Å². The highest BCUT2D eigenvalue weighted by molar-refractivity contribution is 5.91. The van der Waals surface area contributed by atoms with Crippen molar-refractivity contribution in [1.82, 2.24) is 16.0 Å². The standard InChI is InChI=1S/C20H25N3O2.ClH/c1-14-12-21-10-9-18(14)23-20(25)13-22-19(24)11-16-7-4-6-15-5-2-3-8-17(15)16;/h2-8,14,18,21H,9-13H2,1H3,(H,22,24)(H,23,25);1H. The second-order valence-corrected chi connectivity index (χ2v) is 6.74. The number of piperidine rings is 1. The second kappa shape index (κ2) is 9.55. The summed E-state index contributed by atoms with van der Waals surface area (Å²) in [6.45, 7) is 3.98. The molecule has 0 aliphatic carbocycles. The molecule has 1 heterocycles. The van der Waals surface area contributed by atoms with Crippen molar-refractivity contribution < 1.29 is 9.59 Å². The molecule has 2 atom stereocenters. The molecule has 1 saturated heterocycles. The van der Waals surface area contributed by atoms with Crippen LogP contribution >= 0.6 is 12.4 Å². The third-order valence-electron chi connectivity index (χ3n) is 4.81. The zero-order valence-corrected chi connectivity index (χ0v) is 15.8. The fourth-order valence-corrected chi connectivity index (χ4v) is 3.35. The van der Waals surface area contributed by atoms with Gasteiger partial charge in [-0.05, 0) is 41.8 Å². The van der Waals surface area contributed by atoms with Crippen LogP contribution in [0.25, 0.3) is 10.8 Å². The summed E-state index contributed by atoms with van der Waals surface area (Å²) >= 11 is 0. The summed E-state index contributed by atoms with van der Waals surface area (Å²) in [5.41, 5.74) is 0.975. The van der Waals surface area contributed by atoms with Crippen LogP contribution in [-0.2, 0) is 16.0 Å². The normalized spacial score (nSPS) is 19.4. The summed E-state index contributed by atoms with van der Waals surface area (Å²) in [5.74, 6) is 0.152. The summed E-state index contributed by atoms with van der Waals surface area (Å²) in [7, 11) is 0. The van der Waals surface area contributed by atoms with Crippen LogP contribution in [0.15, 0.2) is 42.5 Å². The molecule has 0 bridgehead atoms. The lowest BCUT2D eigenvalue weighted by Gasteiger charge is -2.30. The maximum atomic E-state index is 12.2. The molecule has 0 aromatic heterocycles. The highest BCUT2D eigenvalue weighted by Crippen LogP contribution is 2.18. The van der Waals surface area contributed by atoms with Crippen molar-refractivity contribution in [1.29, 1.82) is 0 Å². The van der Waals surface area contributed by atoms with Gasteiger partial charge in [0, 0.05) is 6.04 Å². The van der Waals surface area contributed by atoms with Crippen LogP contribution in [0.2, 0.25) is 0 Å². The molecule has 140 valence electrons. The number of amides is 2. The van der Waals surface area contributed by atoms with Gasteiger partial charge in [0.05, 0.1) is 13.0 Å². The van der Waals surface area contributed by atoms with Crippen molar-refractivity contribution in [2.45, 2.75) is 25.8 Å². The van der Waals surface area contributed by atoms with Gasteiger partial charge in [-0.25, -0.2) is 0 Å². The summed E-state index contributed by atoms with van der Waals surface area (Å²) in [6, 6.07) is 14.1.